The van der Waals surface area contributed by atoms with E-state index in [9.17, 15) is 4.79 Å². The molecule has 1 atom stereocenters. The summed E-state index contributed by atoms with van der Waals surface area (Å²) in [5, 5.41) is 0. The van der Waals surface area contributed by atoms with Crippen molar-refractivity contribution in [3.05, 3.63) is 0 Å². The largest absolute Gasteiger partial charge is 0.454 e. The fourth-order valence-corrected chi connectivity index (χ4v) is 0.438. The second-order valence-electron chi connectivity index (χ2n) is 1.21. The molecule has 0 spiro atoms. The zero-order chi connectivity index (χ0) is 6.57. The Balaban J connectivity index is 3.33. The molecule has 0 aromatic heterocycles. The SMILES string of the molecule is CC(Br)C(=O)OCS. The van der Waals surface area contributed by atoms with Crippen LogP contribution >= 0.6 is 28.6 Å². The summed E-state index contributed by atoms with van der Waals surface area (Å²) in [7, 11) is 0. The first-order chi connectivity index (χ1) is 3.68. The molecular weight excluding hydrogens is 192 g/mol. The average molecular weight is 199 g/mol. The van der Waals surface area contributed by atoms with Crippen molar-refractivity contribution in [3.63, 3.8) is 0 Å². The van der Waals surface area contributed by atoms with Crippen LogP contribution in [0.25, 0.3) is 0 Å². The van der Waals surface area contributed by atoms with Crippen LogP contribution in [0.3, 0.4) is 0 Å². The minimum Gasteiger partial charge on any atom is -0.454 e. The third-order valence-corrected chi connectivity index (χ3v) is 1.03. The van der Waals surface area contributed by atoms with Gasteiger partial charge in [-0.2, -0.15) is 0 Å². The lowest BCUT2D eigenvalue weighted by Gasteiger charge is -1.99. The summed E-state index contributed by atoms with van der Waals surface area (Å²) < 4.78 is 4.48. The van der Waals surface area contributed by atoms with E-state index in [2.05, 4.69) is 33.3 Å². The Morgan fingerprint density at radius 2 is 2.50 bits per heavy atom. The Labute approximate surface area is 62.1 Å². The van der Waals surface area contributed by atoms with Crippen LogP contribution in [0.15, 0.2) is 0 Å². The van der Waals surface area contributed by atoms with Gasteiger partial charge in [0.05, 0.1) is 0 Å². The lowest BCUT2D eigenvalue weighted by Crippen LogP contribution is -2.12. The molecule has 1 unspecified atom stereocenters. The Kier molecular flexibility index (Phi) is 4.36. The maximum absolute atomic E-state index is 10.4. The number of hydrogen-bond acceptors (Lipinski definition) is 3. The van der Waals surface area contributed by atoms with E-state index in [-0.39, 0.29) is 16.7 Å². The number of thiol groups is 1. The quantitative estimate of drug-likeness (QED) is 0.313. The Bertz CT molecular complexity index is 84.1. The topological polar surface area (TPSA) is 26.3 Å². The summed E-state index contributed by atoms with van der Waals surface area (Å²) in [4.78, 5) is 10.2. The molecule has 0 aliphatic rings. The average Bonchev–Trinajstić information content (AvgIpc) is 1.67. The monoisotopic (exact) mass is 198 g/mol. The second-order valence-corrected chi connectivity index (χ2v) is 2.84. The highest BCUT2D eigenvalue weighted by molar-refractivity contribution is 9.10. The van der Waals surface area contributed by atoms with Crippen LogP contribution in [0.2, 0.25) is 0 Å². The van der Waals surface area contributed by atoms with Gasteiger partial charge in [0.25, 0.3) is 0 Å². The second kappa shape index (κ2) is 4.21. The predicted octanol–water partition coefficient (Wildman–Crippen LogP) is 1.20. The van der Waals surface area contributed by atoms with Crippen LogP contribution in [0, 0.1) is 0 Å². The molecular formula is C4H7BrO2S. The molecule has 8 heavy (non-hydrogen) atoms. The molecule has 0 fully saturated rings. The van der Waals surface area contributed by atoms with Gasteiger partial charge in [0.1, 0.15) is 10.8 Å². The molecule has 0 rings (SSSR count). The number of carbonyl (C=O) groups excluding carboxylic acids is 1. The van der Waals surface area contributed by atoms with Gasteiger partial charge in [0.15, 0.2) is 0 Å². The van der Waals surface area contributed by atoms with Gasteiger partial charge in [-0.05, 0) is 6.92 Å². The Morgan fingerprint density at radius 1 is 2.00 bits per heavy atom. The predicted molar refractivity (Wildman–Crippen MR) is 38.3 cm³/mol. The summed E-state index contributed by atoms with van der Waals surface area (Å²) in [5.74, 6) is -0.130. The first kappa shape index (κ1) is 8.30. The number of halogens is 1. The summed E-state index contributed by atoms with van der Waals surface area (Å²) in [5.41, 5.74) is 0. The maximum atomic E-state index is 10.4. The fourth-order valence-electron chi connectivity index (χ4n) is 0.178. The van der Waals surface area contributed by atoms with E-state index in [0.717, 1.165) is 0 Å². The van der Waals surface area contributed by atoms with Crippen LogP contribution in [0.1, 0.15) is 6.92 Å². The molecule has 0 aliphatic heterocycles. The normalized spacial score (nSPS) is 12.9. The molecule has 0 bridgehead atoms. The van der Waals surface area contributed by atoms with Crippen LogP contribution in [0.5, 0.6) is 0 Å². The number of hydrogen-bond donors (Lipinski definition) is 1. The summed E-state index contributed by atoms with van der Waals surface area (Å²) >= 11 is 6.72. The van der Waals surface area contributed by atoms with Crippen molar-refractivity contribution in [2.75, 3.05) is 5.94 Å². The molecule has 0 aromatic rings. The Hall–Kier alpha value is 0.300. The molecule has 0 aliphatic carbocycles. The minimum absolute atomic E-state index is 0.148. The zero-order valence-electron chi connectivity index (χ0n) is 4.43. The highest BCUT2D eigenvalue weighted by Crippen LogP contribution is 1.99. The molecule has 0 aromatic carbocycles. The van der Waals surface area contributed by atoms with Gasteiger partial charge in [-0.15, -0.1) is 12.6 Å². The molecule has 48 valence electrons. The van der Waals surface area contributed by atoms with Crippen LogP contribution < -0.4 is 0 Å². The number of esters is 1. The van der Waals surface area contributed by atoms with E-state index in [4.69, 9.17) is 0 Å². The molecule has 4 heteroatoms. The molecule has 0 N–H and O–H groups in total. The third kappa shape index (κ3) is 3.32. The van der Waals surface area contributed by atoms with Crippen LogP contribution in [-0.2, 0) is 9.53 Å². The molecule has 0 heterocycles. The fraction of sp³-hybridized carbons (Fsp3) is 0.750. The van der Waals surface area contributed by atoms with Crippen molar-refractivity contribution in [1.29, 1.82) is 0 Å². The van der Waals surface area contributed by atoms with Crippen LogP contribution in [-0.4, -0.2) is 16.7 Å². The molecule has 0 saturated heterocycles. The zero-order valence-corrected chi connectivity index (χ0v) is 6.91. The smallest absolute Gasteiger partial charge is 0.320 e. The highest BCUT2D eigenvalue weighted by atomic mass is 79.9. The Morgan fingerprint density at radius 3 is 2.62 bits per heavy atom. The van der Waals surface area contributed by atoms with E-state index >= 15 is 0 Å². The molecule has 0 saturated carbocycles. The van der Waals surface area contributed by atoms with E-state index in [1.54, 1.807) is 6.92 Å². The van der Waals surface area contributed by atoms with E-state index in [0.29, 0.717) is 0 Å². The number of ether oxygens (including phenoxy) is 1. The lowest BCUT2D eigenvalue weighted by molar-refractivity contribution is -0.140. The third-order valence-electron chi connectivity index (χ3n) is 0.532. The van der Waals surface area contributed by atoms with Gasteiger partial charge in [-0.3, -0.25) is 4.79 Å². The van der Waals surface area contributed by atoms with Gasteiger partial charge in [-0.25, -0.2) is 0 Å². The summed E-state index contributed by atoms with van der Waals surface area (Å²) in [6, 6.07) is 0. The standard InChI is InChI=1S/C4H7BrO2S/c1-3(5)4(6)7-2-8/h3,8H,2H2,1H3. The molecule has 0 radical (unpaired) electrons. The van der Waals surface area contributed by atoms with Crippen molar-refractivity contribution in [1.82, 2.24) is 0 Å². The van der Waals surface area contributed by atoms with Gasteiger partial charge in [0, 0.05) is 0 Å². The summed E-state index contributed by atoms with van der Waals surface area (Å²) in [6.07, 6.45) is 0. The van der Waals surface area contributed by atoms with E-state index in [1.807, 2.05) is 0 Å². The summed E-state index contributed by atoms with van der Waals surface area (Å²) in [6.45, 7) is 1.70. The number of rotatable bonds is 2. The van der Waals surface area contributed by atoms with Gasteiger partial charge >= 0.3 is 5.97 Å². The molecule has 2 nitrogen and oxygen atoms in total. The van der Waals surface area contributed by atoms with Crippen molar-refractivity contribution >= 4 is 34.5 Å². The lowest BCUT2D eigenvalue weighted by atomic mass is 10.5. The van der Waals surface area contributed by atoms with E-state index in [1.165, 1.54) is 0 Å². The van der Waals surface area contributed by atoms with E-state index < -0.39 is 0 Å². The minimum atomic E-state index is -0.278. The first-order valence-corrected chi connectivity index (χ1v) is 3.65. The van der Waals surface area contributed by atoms with Gasteiger partial charge < -0.3 is 4.74 Å². The van der Waals surface area contributed by atoms with Crippen molar-refractivity contribution in [3.8, 4) is 0 Å². The van der Waals surface area contributed by atoms with Crippen molar-refractivity contribution < 1.29 is 9.53 Å². The molecule has 0 amide bonds. The van der Waals surface area contributed by atoms with Crippen molar-refractivity contribution in [2.45, 2.75) is 11.8 Å². The number of alkyl halides is 1. The highest BCUT2D eigenvalue weighted by Gasteiger charge is 2.07. The van der Waals surface area contributed by atoms with Gasteiger partial charge in [-0.1, -0.05) is 15.9 Å². The van der Waals surface area contributed by atoms with Crippen molar-refractivity contribution in [2.24, 2.45) is 0 Å². The van der Waals surface area contributed by atoms with Crippen LogP contribution in [0.4, 0.5) is 0 Å². The number of carbonyl (C=O) groups is 1. The van der Waals surface area contributed by atoms with Gasteiger partial charge in [0.2, 0.25) is 0 Å². The first-order valence-electron chi connectivity index (χ1n) is 2.10. The maximum Gasteiger partial charge on any atom is 0.320 e.